The fourth-order valence-electron chi connectivity index (χ4n) is 3.14. The van der Waals surface area contributed by atoms with Crippen LogP contribution in [0.5, 0.6) is 0 Å². The van der Waals surface area contributed by atoms with Gasteiger partial charge in [0.05, 0.1) is 16.8 Å². The van der Waals surface area contributed by atoms with E-state index in [0.29, 0.717) is 0 Å². The Balaban J connectivity index is 2.28. The van der Waals surface area contributed by atoms with Crippen molar-refractivity contribution in [3.63, 3.8) is 0 Å². The molecule has 3 aromatic rings. The summed E-state index contributed by atoms with van der Waals surface area (Å²) in [6, 6.07) is 8.76. The van der Waals surface area contributed by atoms with Gasteiger partial charge in [0.1, 0.15) is 5.82 Å². The molecule has 1 N–H and O–H groups in total. The predicted octanol–water partition coefficient (Wildman–Crippen LogP) is 2.18. The average molecular weight is 439 g/mol. The van der Waals surface area contributed by atoms with E-state index in [1.54, 1.807) is 0 Å². The lowest BCUT2D eigenvalue weighted by Gasteiger charge is -2.21. The van der Waals surface area contributed by atoms with Gasteiger partial charge in [-0.1, -0.05) is 6.07 Å². The van der Waals surface area contributed by atoms with Crippen LogP contribution in [0.1, 0.15) is 11.3 Å². The first-order valence-electron chi connectivity index (χ1n) is 8.24. The number of benzene rings is 2. The molecule has 1 heterocycles. The second kappa shape index (κ2) is 7.58. The highest BCUT2D eigenvalue weighted by molar-refractivity contribution is 7.90. The maximum atomic E-state index is 13.8. The highest BCUT2D eigenvalue weighted by Gasteiger charge is 2.26. The summed E-state index contributed by atoms with van der Waals surface area (Å²) < 4.78 is 64.6. The molecule has 3 rings (SSSR count). The Bertz CT molecular complexity index is 1250. The topological polar surface area (TPSA) is 120 Å². The lowest BCUT2D eigenvalue weighted by Crippen LogP contribution is -2.20. The highest BCUT2D eigenvalue weighted by Crippen LogP contribution is 2.32. The summed E-state index contributed by atoms with van der Waals surface area (Å²) in [5, 5.41) is 9.37. The van der Waals surface area contributed by atoms with Crippen LogP contribution in [0.15, 0.2) is 47.4 Å². The van der Waals surface area contributed by atoms with E-state index >= 15 is 0 Å². The Morgan fingerprint density at radius 3 is 2.59 bits per heavy atom. The molecule has 1 atom stereocenters. The standard InChI is InChI=1S/C18H17FN2O6S2/c1-11-15(10-18(22)23)16-8-12(19)6-7-17(16)21(11)29(26,27)14-5-3-4-13(9-14)20(2)28(24)25/h3-9H,10H2,1-2H3,(H,22,23)(H,24,25)/p-1. The van der Waals surface area contributed by atoms with Crippen LogP contribution in [0.25, 0.3) is 10.9 Å². The smallest absolute Gasteiger partial charge is 0.307 e. The molecule has 0 saturated carbocycles. The molecule has 11 heteroatoms. The number of carbonyl (C=O) groups is 1. The van der Waals surface area contributed by atoms with Crippen molar-refractivity contribution in [1.29, 1.82) is 0 Å². The molecule has 2 aromatic carbocycles. The number of hydrogen-bond acceptors (Lipinski definition) is 5. The quantitative estimate of drug-likeness (QED) is 0.588. The predicted molar refractivity (Wildman–Crippen MR) is 104 cm³/mol. The number of rotatable bonds is 6. The molecule has 154 valence electrons. The van der Waals surface area contributed by atoms with Crippen molar-refractivity contribution in [2.24, 2.45) is 0 Å². The third-order valence-corrected chi connectivity index (χ3v) is 6.97. The van der Waals surface area contributed by atoms with Gasteiger partial charge in [0, 0.05) is 35.1 Å². The van der Waals surface area contributed by atoms with Crippen molar-refractivity contribution >= 4 is 43.8 Å². The van der Waals surface area contributed by atoms with Gasteiger partial charge in [0.25, 0.3) is 10.0 Å². The molecule has 0 spiro atoms. The number of aliphatic carboxylic acids is 1. The Labute approximate surface area is 168 Å². The first-order valence-corrected chi connectivity index (χ1v) is 10.7. The fraction of sp³-hybridized carbons (Fsp3) is 0.167. The van der Waals surface area contributed by atoms with Gasteiger partial charge in [-0.15, -0.1) is 0 Å². The summed E-state index contributed by atoms with van der Waals surface area (Å²) in [5.74, 6) is -1.81. The summed E-state index contributed by atoms with van der Waals surface area (Å²) >= 11 is -2.60. The SMILES string of the molecule is Cc1c(CC(=O)O)c2cc(F)ccc2n1S(=O)(=O)c1cccc(N(C)S(=O)[O-])c1. The van der Waals surface area contributed by atoms with Crippen LogP contribution in [0.4, 0.5) is 10.1 Å². The second-order valence-electron chi connectivity index (χ2n) is 6.28. The molecule has 0 bridgehead atoms. The largest absolute Gasteiger partial charge is 0.755 e. The van der Waals surface area contributed by atoms with E-state index in [1.165, 1.54) is 44.3 Å². The van der Waals surface area contributed by atoms with E-state index < -0.39 is 39.5 Å². The first kappa shape index (κ1) is 21.0. The Morgan fingerprint density at radius 1 is 1.28 bits per heavy atom. The van der Waals surface area contributed by atoms with E-state index in [2.05, 4.69) is 0 Å². The molecule has 8 nitrogen and oxygen atoms in total. The number of nitrogens with zero attached hydrogens (tertiary/aromatic N) is 2. The number of hydrogen-bond donors (Lipinski definition) is 1. The molecule has 0 aliphatic heterocycles. The van der Waals surface area contributed by atoms with Crippen molar-refractivity contribution in [3.05, 3.63) is 59.5 Å². The van der Waals surface area contributed by atoms with Gasteiger partial charge in [-0.3, -0.25) is 9.00 Å². The Kier molecular flexibility index (Phi) is 5.48. The zero-order valence-electron chi connectivity index (χ0n) is 15.3. The molecule has 0 fully saturated rings. The van der Waals surface area contributed by atoms with E-state index in [-0.39, 0.29) is 32.7 Å². The van der Waals surface area contributed by atoms with Crippen molar-refractivity contribution in [3.8, 4) is 0 Å². The number of halogens is 1. The van der Waals surface area contributed by atoms with Gasteiger partial charge in [-0.25, -0.2) is 16.8 Å². The van der Waals surface area contributed by atoms with E-state index in [4.69, 9.17) is 0 Å². The summed E-state index contributed by atoms with van der Waals surface area (Å²) in [4.78, 5) is 11.0. The van der Waals surface area contributed by atoms with Crippen LogP contribution in [0, 0.1) is 12.7 Å². The zero-order valence-corrected chi connectivity index (χ0v) is 17.0. The minimum atomic E-state index is -4.23. The van der Waals surface area contributed by atoms with E-state index in [1.807, 2.05) is 0 Å². The minimum absolute atomic E-state index is 0.130. The normalized spacial score (nSPS) is 12.8. The summed E-state index contributed by atoms with van der Waals surface area (Å²) in [6.07, 6.45) is -0.480. The van der Waals surface area contributed by atoms with Crippen LogP contribution in [-0.2, 0) is 32.5 Å². The molecule has 0 amide bonds. The van der Waals surface area contributed by atoms with Gasteiger partial charge in [-0.05, 0) is 48.9 Å². The summed E-state index contributed by atoms with van der Waals surface area (Å²) in [7, 11) is -2.97. The van der Waals surface area contributed by atoms with Crippen LogP contribution in [-0.4, -0.2) is 39.3 Å². The van der Waals surface area contributed by atoms with E-state index in [9.17, 15) is 31.5 Å². The number of aromatic nitrogens is 1. The van der Waals surface area contributed by atoms with Crippen molar-refractivity contribution in [1.82, 2.24) is 3.97 Å². The Morgan fingerprint density at radius 2 is 1.97 bits per heavy atom. The zero-order chi connectivity index (χ0) is 21.5. The Hall–Kier alpha value is -2.76. The third kappa shape index (κ3) is 3.76. The van der Waals surface area contributed by atoms with Crippen LogP contribution in [0.2, 0.25) is 0 Å². The summed E-state index contributed by atoms with van der Waals surface area (Å²) in [5.41, 5.74) is 0.584. The molecule has 0 aliphatic carbocycles. The average Bonchev–Trinajstić information content (AvgIpc) is 2.92. The lowest BCUT2D eigenvalue weighted by molar-refractivity contribution is -0.136. The molecule has 29 heavy (non-hydrogen) atoms. The van der Waals surface area contributed by atoms with Crippen molar-refractivity contribution in [2.45, 2.75) is 18.2 Å². The van der Waals surface area contributed by atoms with Gasteiger partial charge in [0.15, 0.2) is 0 Å². The molecule has 0 radical (unpaired) electrons. The van der Waals surface area contributed by atoms with Gasteiger partial charge in [-0.2, -0.15) is 0 Å². The summed E-state index contributed by atoms with van der Waals surface area (Å²) in [6.45, 7) is 1.44. The minimum Gasteiger partial charge on any atom is -0.755 e. The van der Waals surface area contributed by atoms with Crippen molar-refractivity contribution in [2.75, 3.05) is 11.4 Å². The van der Waals surface area contributed by atoms with Crippen LogP contribution >= 0.6 is 0 Å². The number of anilines is 1. The maximum Gasteiger partial charge on any atom is 0.307 e. The van der Waals surface area contributed by atoms with Gasteiger partial charge < -0.3 is 14.0 Å². The third-order valence-electron chi connectivity index (χ3n) is 4.51. The van der Waals surface area contributed by atoms with Gasteiger partial charge >= 0.3 is 5.97 Å². The van der Waals surface area contributed by atoms with E-state index in [0.717, 1.165) is 20.4 Å². The second-order valence-corrected chi connectivity index (χ2v) is 9.05. The molecule has 1 unspecified atom stereocenters. The first-order chi connectivity index (χ1) is 13.5. The number of carboxylic acids is 1. The van der Waals surface area contributed by atoms with Gasteiger partial charge in [0.2, 0.25) is 0 Å². The lowest BCUT2D eigenvalue weighted by atomic mass is 10.1. The molecule has 0 aliphatic rings. The fourth-order valence-corrected chi connectivity index (χ4v) is 5.05. The monoisotopic (exact) mass is 439 g/mol. The van der Waals surface area contributed by atoms with Crippen LogP contribution in [0.3, 0.4) is 0 Å². The van der Waals surface area contributed by atoms with Crippen molar-refractivity contribution < 1.29 is 31.5 Å². The molecular formula is C18H16FN2O6S2-. The molecule has 1 aromatic heterocycles. The van der Waals surface area contributed by atoms with Crippen LogP contribution < -0.4 is 4.31 Å². The maximum absolute atomic E-state index is 13.8. The molecule has 0 saturated heterocycles. The number of fused-ring (bicyclic) bond motifs is 1. The highest BCUT2D eigenvalue weighted by atomic mass is 32.2. The molecular weight excluding hydrogens is 423 g/mol. The number of carboxylic acid groups (broad SMARTS) is 1.